The number of nitrogens with one attached hydrogen (secondary N) is 1. The van der Waals surface area contributed by atoms with Crippen LogP contribution in [0.15, 0.2) is 0 Å². The highest BCUT2D eigenvalue weighted by Crippen LogP contribution is 2.64. The van der Waals surface area contributed by atoms with E-state index in [9.17, 15) is 19.1 Å². The monoisotopic (exact) mass is 311 g/mol. The van der Waals surface area contributed by atoms with Crippen molar-refractivity contribution in [3.05, 3.63) is 0 Å². The third-order valence-electron chi connectivity index (χ3n) is 6.27. The van der Waals surface area contributed by atoms with Crippen LogP contribution in [0.5, 0.6) is 0 Å². The van der Waals surface area contributed by atoms with Crippen molar-refractivity contribution in [2.24, 2.45) is 22.7 Å². The topological polar surface area (TPSA) is 66.4 Å². The molecule has 2 atom stereocenters. The Hall–Kier alpha value is -1.13. The van der Waals surface area contributed by atoms with E-state index < -0.39 is 11.4 Å². The van der Waals surface area contributed by atoms with Crippen LogP contribution in [0.25, 0.3) is 0 Å². The molecule has 0 aromatic carbocycles. The highest BCUT2D eigenvalue weighted by molar-refractivity contribution is 6.03. The smallest absolute Gasteiger partial charge is 0.319 e. The first-order valence-corrected chi connectivity index (χ1v) is 8.57. The van der Waals surface area contributed by atoms with E-state index in [1.165, 1.54) is 0 Å². The number of hydrogen-bond acceptors (Lipinski definition) is 2. The maximum atomic E-state index is 12.8. The zero-order valence-electron chi connectivity index (χ0n) is 13.1. The molecule has 124 valence electrons. The summed E-state index contributed by atoms with van der Waals surface area (Å²) < 4.78 is 12.8. The molecule has 1 amide bonds. The van der Waals surface area contributed by atoms with Gasteiger partial charge in [-0.1, -0.05) is 12.8 Å². The number of carbonyl (C=O) groups excluding carboxylic acids is 1. The molecule has 3 aliphatic rings. The molecule has 22 heavy (non-hydrogen) atoms. The van der Waals surface area contributed by atoms with E-state index in [0.717, 1.165) is 44.9 Å². The Morgan fingerprint density at radius 2 is 1.82 bits per heavy atom. The molecule has 3 saturated carbocycles. The molecule has 3 fully saturated rings. The van der Waals surface area contributed by atoms with E-state index in [0.29, 0.717) is 25.3 Å². The summed E-state index contributed by atoms with van der Waals surface area (Å²) in [6, 6.07) is 0. The average molecular weight is 311 g/mol. The quantitative estimate of drug-likeness (QED) is 0.767. The fourth-order valence-electron chi connectivity index (χ4n) is 4.80. The largest absolute Gasteiger partial charge is 0.480 e. The molecule has 2 N–H and O–H groups in total. The number of carbonyl (C=O) groups is 2. The Balaban J connectivity index is 1.53. The van der Waals surface area contributed by atoms with Gasteiger partial charge < -0.3 is 10.4 Å². The standard InChI is InChI=1S/C17H26FNO3/c18-8-12-3-1-4-13(7-12)9-19-14(20)17(15(21)22)10-16(11-17)5-2-6-16/h12-13H,1-11H2,(H,19,20)(H,21,22)/t12-,13+/m0/s1. The molecule has 0 radical (unpaired) electrons. The Labute approximate surface area is 130 Å². The molecule has 0 unspecified atom stereocenters. The minimum absolute atomic E-state index is 0.117. The van der Waals surface area contributed by atoms with Crippen LogP contribution in [0, 0.1) is 22.7 Å². The van der Waals surface area contributed by atoms with Crippen molar-refractivity contribution in [3.63, 3.8) is 0 Å². The summed E-state index contributed by atoms with van der Waals surface area (Å²) in [6.45, 7) is 0.212. The lowest BCUT2D eigenvalue weighted by atomic mass is 9.45. The van der Waals surface area contributed by atoms with Crippen molar-refractivity contribution in [2.45, 2.75) is 57.8 Å². The van der Waals surface area contributed by atoms with Gasteiger partial charge in [0.05, 0.1) is 6.67 Å². The summed E-state index contributed by atoms with van der Waals surface area (Å²) in [7, 11) is 0. The third kappa shape index (κ3) is 2.63. The summed E-state index contributed by atoms with van der Waals surface area (Å²) in [5, 5.41) is 12.4. The van der Waals surface area contributed by atoms with Crippen LogP contribution in [0.2, 0.25) is 0 Å². The molecule has 0 aromatic rings. The molecule has 0 aliphatic heterocycles. The van der Waals surface area contributed by atoms with Crippen molar-refractivity contribution >= 4 is 11.9 Å². The Bertz CT molecular complexity index is 453. The first kappa shape index (κ1) is 15.8. The molecule has 3 rings (SSSR count). The van der Waals surface area contributed by atoms with Crippen molar-refractivity contribution in [2.75, 3.05) is 13.2 Å². The predicted octanol–water partition coefficient (Wildman–Crippen LogP) is 2.91. The first-order valence-electron chi connectivity index (χ1n) is 8.57. The van der Waals surface area contributed by atoms with Crippen molar-refractivity contribution in [3.8, 4) is 0 Å². The summed E-state index contributed by atoms with van der Waals surface area (Å²) in [4.78, 5) is 24.1. The van der Waals surface area contributed by atoms with Gasteiger partial charge >= 0.3 is 5.97 Å². The molecular weight excluding hydrogens is 285 g/mol. The SMILES string of the molecule is O=C(O)C1(C(=O)NC[C@@H]2CCC[C@H](CF)C2)CC2(CCC2)C1. The number of halogens is 1. The molecule has 3 aliphatic carbocycles. The lowest BCUT2D eigenvalue weighted by Gasteiger charge is -2.58. The summed E-state index contributed by atoms with van der Waals surface area (Å²) in [5.41, 5.74) is -1.06. The van der Waals surface area contributed by atoms with Gasteiger partial charge in [-0.25, -0.2) is 0 Å². The average Bonchev–Trinajstić information content (AvgIpc) is 2.42. The molecular formula is C17H26FNO3. The van der Waals surface area contributed by atoms with Crippen molar-refractivity contribution in [1.29, 1.82) is 0 Å². The van der Waals surface area contributed by atoms with Crippen LogP contribution in [0.1, 0.15) is 57.8 Å². The minimum Gasteiger partial charge on any atom is -0.480 e. The fraction of sp³-hybridized carbons (Fsp3) is 0.882. The lowest BCUT2D eigenvalue weighted by molar-refractivity contribution is -0.181. The zero-order chi connectivity index (χ0) is 15.8. The van der Waals surface area contributed by atoms with E-state index in [1.807, 2.05) is 0 Å². The molecule has 0 aromatic heterocycles. The van der Waals surface area contributed by atoms with Crippen LogP contribution < -0.4 is 5.32 Å². The molecule has 1 spiro atoms. The van der Waals surface area contributed by atoms with Gasteiger partial charge in [0.25, 0.3) is 0 Å². The van der Waals surface area contributed by atoms with Crippen molar-refractivity contribution < 1.29 is 19.1 Å². The second-order valence-electron chi connectivity index (χ2n) is 7.86. The van der Waals surface area contributed by atoms with Gasteiger partial charge in [0, 0.05) is 6.54 Å². The van der Waals surface area contributed by atoms with Gasteiger partial charge in [-0.05, 0) is 62.2 Å². The predicted molar refractivity (Wildman–Crippen MR) is 80.0 cm³/mol. The third-order valence-corrected chi connectivity index (χ3v) is 6.27. The fourth-order valence-corrected chi connectivity index (χ4v) is 4.80. The van der Waals surface area contributed by atoms with Crippen LogP contribution in [-0.4, -0.2) is 30.2 Å². The highest BCUT2D eigenvalue weighted by Gasteiger charge is 2.64. The molecule has 0 bridgehead atoms. The molecule has 4 nitrogen and oxygen atoms in total. The number of alkyl halides is 1. The Morgan fingerprint density at radius 3 is 2.36 bits per heavy atom. The number of rotatable bonds is 5. The Morgan fingerprint density at radius 1 is 1.14 bits per heavy atom. The van der Waals surface area contributed by atoms with Crippen LogP contribution in [-0.2, 0) is 9.59 Å². The number of carboxylic acid groups (broad SMARTS) is 1. The number of hydrogen-bond donors (Lipinski definition) is 2. The minimum atomic E-state index is -1.20. The summed E-state index contributed by atoms with van der Waals surface area (Å²) >= 11 is 0. The van der Waals surface area contributed by atoms with Crippen LogP contribution in [0.3, 0.4) is 0 Å². The maximum absolute atomic E-state index is 12.8. The number of aliphatic carboxylic acids is 1. The normalized spacial score (nSPS) is 31.9. The second kappa shape index (κ2) is 5.82. The molecule has 5 heteroatoms. The first-order chi connectivity index (χ1) is 10.5. The molecule has 0 saturated heterocycles. The zero-order valence-corrected chi connectivity index (χ0v) is 13.1. The van der Waals surface area contributed by atoms with E-state index in [1.54, 1.807) is 0 Å². The summed E-state index contributed by atoms with van der Waals surface area (Å²) in [5.74, 6) is -0.888. The van der Waals surface area contributed by atoms with Gasteiger partial charge in [0.1, 0.15) is 5.41 Å². The van der Waals surface area contributed by atoms with E-state index in [-0.39, 0.29) is 23.9 Å². The highest BCUT2D eigenvalue weighted by atomic mass is 19.1. The Kier molecular flexibility index (Phi) is 4.17. The van der Waals surface area contributed by atoms with Gasteiger partial charge in [-0.3, -0.25) is 14.0 Å². The second-order valence-corrected chi connectivity index (χ2v) is 7.86. The van der Waals surface area contributed by atoms with Crippen LogP contribution >= 0.6 is 0 Å². The van der Waals surface area contributed by atoms with Crippen molar-refractivity contribution in [1.82, 2.24) is 5.32 Å². The van der Waals surface area contributed by atoms with E-state index in [4.69, 9.17) is 0 Å². The van der Waals surface area contributed by atoms with E-state index >= 15 is 0 Å². The van der Waals surface area contributed by atoms with Crippen LogP contribution in [0.4, 0.5) is 4.39 Å². The van der Waals surface area contributed by atoms with E-state index in [2.05, 4.69) is 5.32 Å². The van der Waals surface area contributed by atoms with Gasteiger partial charge in [-0.15, -0.1) is 0 Å². The number of amides is 1. The van der Waals surface area contributed by atoms with Gasteiger partial charge in [0.2, 0.25) is 5.91 Å². The maximum Gasteiger partial charge on any atom is 0.319 e. The van der Waals surface area contributed by atoms with Gasteiger partial charge in [-0.2, -0.15) is 0 Å². The lowest BCUT2D eigenvalue weighted by Crippen LogP contribution is -2.61. The number of carboxylic acids is 1. The molecule has 0 heterocycles. The van der Waals surface area contributed by atoms with Gasteiger partial charge in [0.15, 0.2) is 0 Å². The summed E-state index contributed by atoms with van der Waals surface area (Å²) in [6.07, 6.45) is 8.03.